The molecular weight excluding hydrogens is 237 g/mol. The molecule has 1 atom stereocenters. The first-order valence-electron chi connectivity index (χ1n) is 6.04. The number of carboxylic acids is 1. The van der Waals surface area contributed by atoms with Gasteiger partial charge in [-0.15, -0.1) is 0 Å². The SMILES string of the molecule is O=C(O)c1cccc(F)c1N1CCCCC1CO. The van der Waals surface area contributed by atoms with Crippen molar-refractivity contribution >= 4 is 11.7 Å². The molecule has 4 nitrogen and oxygen atoms in total. The Morgan fingerprint density at radius 3 is 2.89 bits per heavy atom. The molecule has 1 aliphatic heterocycles. The highest BCUT2D eigenvalue weighted by molar-refractivity contribution is 5.94. The van der Waals surface area contributed by atoms with Crippen LogP contribution in [0.4, 0.5) is 10.1 Å². The molecule has 1 aliphatic rings. The lowest BCUT2D eigenvalue weighted by atomic mass is 10.00. The predicted molar refractivity (Wildman–Crippen MR) is 65.4 cm³/mol. The van der Waals surface area contributed by atoms with Gasteiger partial charge in [-0.05, 0) is 31.4 Å². The number of nitrogens with zero attached hydrogens (tertiary/aromatic N) is 1. The number of aliphatic hydroxyl groups excluding tert-OH is 1. The van der Waals surface area contributed by atoms with E-state index < -0.39 is 11.8 Å². The van der Waals surface area contributed by atoms with Crippen molar-refractivity contribution in [3.63, 3.8) is 0 Å². The lowest BCUT2D eigenvalue weighted by molar-refractivity contribution is 0.0696. The predicted octanol–water partition coefficient (Wildman–Crippen LogP) is 1.88. The summed E-state index contributed by atoms with van der Waals surface area (Å²) in [4.78, 5) is 12.8. The van der Waals surface area contributed by atoms with Gasteiger partial charge in [0.2, 0.25) is 0 Å². The number of halogens is 1. The average molecular weight is 253 g/mol. The Morgan fingerprint density at radius 2 is 2.22 bits per heavy atom. The monoisotopic (exact) mass is 253 g/mol. The normalized spacial score (nSPS) is 19.9. The lowest BCUT2D eigenvalue weighted by Gasteiger charge is -2.37. The second kappa shape index (κ2) is 5.35. The molecule has 0 spiro atoms. The van der Waals surface area contributed by atoms with Crippen LogP contribution in [0.25, 0.3) is 0 Å². The van der Waals surface area contributed by atoms with Gasteiger partial charge in [0, 0.05) is 6.54 Å². The van der Waals surface area contributed by atoms with Crippen molar-refractivity contribution < 1.29 is 19.4 Å². The van der Waals surface area contributed by atoms with Crippen molar-refractivity contribution in [2.24, 2.45) is 0 Å². The molecule has 5 heteroatoms. The standard InChI is InChI=1S/C13H16FNO3/c14-11-6-3-5-10(13(17)18)12(11)15-7-2-1-4-9(15)8-16/h3,5-6,9,16H,1-2,4,7-8H2,(H,17,18). The number of aromatic carboxylic acids is 1. The Balaban J connectivity index is 2.44. The third kappa shape index (κ3) is 2.31. The van der Waals surface area contributed by atoms with E-state index in [1.807, 2.05) is 0 Å². The molecule has 1 aromatic rings. The van der Waals surface area contributed by atoms with E-state index in [0.29, 0.717) is 6.54 Å². The quantitative estimate of drug-likeness (QED) is 0.863. The number of para-hydroxylation sites is 1. The number of piperidine rings is 1. The summed E-state index contributed by atoms with van der Waals surface area (Å²) in [5.74, 6) is -1.69. The highest BCUT2D eigenvalue weighted by atomic mass is 19.1. The van der Waals surface area contributed by atoms with E-state index in [4.69, 9.17) is 5.11 Å². The smallest absolute Gasteiger partial charge is 0.337 e. The number of carbonyl (C=O) groups is 1. The third-order valence-electron chi connectivity index (χ3n) is 3.34. The maximum Gasteiger partial charge on any atom is 0.337 e. The van der Waals surface area contributed by atoms with E-state index in [2.05, 4.69) is 0 Å². The fourth-order valence-electron chi connectivity index (χ4n) is 2.46. The van der Waals surface area contributed by atoms with E-state index in [0.717, 1.165) is 19.3 Å². The van der Waals surface area contributed by atoms with Gasteiger partial charge in [0.05, 0.1) is 23.9 Å². The van der Waals surface area contributed by atoms with Crippen molar-refractivity contribution in [2.45, 2.75) is 25.3 Å². The number of aliphatic hydroxyl groups is 1. The summed E-state index contributed by atoms with van der Waals surface area (Å²) < 4.78 is 13.9. The summed E-state index contributed by atoms with van der Waals surface area (Å²) in [6.07, 6.45) is 2.60. The number of hydrogen-bond donors (Lipinski definition) is 2. The molecule has 2 rings (SSSR count). The Hall–Kier alpha value is -1.62. The van der Waals surface area contributed by atoms with E-state index >= 15 is 0 Å². The zero-order valence-corrected chi connectivity index (χ0v) is 9.97. The van der Waals surface area contributed by atoms with Gasteiger partial charge in [0.15, 0.2) is 0 Å². The van der Waals surface area contributed by atoms with Gasteiger partial charge >= 0.3 is 5.97 Å². The van der Waals surface area contributed by atoms with Crippen molar-refractivity contribution in [2.75, 3.05) is 18.1 Å². The fourth-order valence-corrected chi connectivity index (χ4v) is 2.46. The van der Waals surface area contributed by atoms with Crippen LogP contribution < -0.4 is 4.90 Å². The molecule has 2 N–H and O–H groups in total. The highest BCUT2D eigenvalue weighted by Gasteiger charge is 2.27. The van der Waals surface area contributed by atoms with Crippen LogP contribution in [0.3, 0.4) is 0 Å². The van der Waals surface area contributed by atoms with Crippen LogP contribution in [0.5, 0.6) is 0 Å². The molecule has 0 bridgehead atoms. The summed E-state index contributed by atoms with van der Waals surface area (Å²) >= 11 is 0. The summed E-state index contributed by atoms with van der Waals surface area (Å²) in [5, 5.41) is 18.5. The Bertz CT molecular complexity index is 450. The minimum Gasteiger partial charge on any atom is -0.478 e. The van der Waals surface area contributed by atoms with Gasteiger partial charge in [0.25, 0.3) is 0 Å². The Kier molecular flexibility index (Phi) is 3.81. The molecule has 0 aromatic heterocycles. The second-order valence-corrected chi connectivity index (χ2v) is 4.47. The van der Waals surface area contributed by atoms with Crippen molar-refractivity contribution in [3.8, 4) is 0 Å². The zero-order chi connectivity index (χ0) is 13.1. The van der Waals surface area contributed by atoms with Crippen LogP contribution in [0.1, 0.15) is 29.6 Å². The molecule has 98 valence electrons. The first-order chi connectivity index (χ1) is 8.65. The second-order valence-electron chi connectivity index (χ2n) is 4.47. The number of carboxylic acid groups (broad SMARTS) is 1. The average Bonchev–Trinajstić information content (AvgIpc) is 2.38. The summed E-state index contributed by atoms with van der Waals surface area (Å²) in [7, 11) is 0. The van der Waals surface area contributed by atoms with Crippen LogP contribution in [0.15, 0.2) is 18.2 Å². The van der Waals surface area contributed by atoms with Crippen molar-refractivity contribution in [1.29, 1.82) is 0 Å². The Morgan fingerprint density at radius 1 is 1.44 bits per heavy atom. The van der Waals surface area contributed by atoms with E-state index in [1.165, 1.54) is 18.2 Å². The molecule has 0 amide bonds. The largest absolute Gasteiger partial charge is 0.478 e. The van der Waals surface area contributed by atoms with Crippen LogP contribution in [0.2, 0.25) is 0 Å². The number of rotatable bonds is 3. The van der Waals surface area contributed by atoms with E-state index in [-0.39, 0.29) is 23.9 Å². The first kappa shape index (κ1) is 12.8. The van der Waals surface area contributed by atoms with Gasteiger partial charge < -0.3 is 15.1 Å². The molecule has 1 saturated heterocycles. The van der Waals surface area contributed by atoms with Gasteiger partial charge in [-0.3, -0.25) is 0 Å². The maximum absolute atomic E-state index is 13.9. The van der Waals surface area contributed by atoms with Crippen LogP contribution in [-0.4, -0.2) is 35.4 Å². The molecule has 18 heavy (non-hydrogen) atoms. The maximum atomic E-state index is 13.9. The van der Waals surface area contributed by atoms with Crippen molar-refractivity contribution in [1.82, 2.24) is 0 Å². The molecular formula is C13H16FNO3. The molecule has 0 aliphatic carbocycles. The molecule has 1 fully saturated rings. The Labute approximate surface area is 105 Å². The molecule has 0 radical (unpaired) electrons. The van der Waals surface area contributed by atoms with Crippen LogP contribution in [-0.2, 0) is 0 Å². The van der Waals surface area contributed by atoms with E-state index in [9.17, 15) is 14.3 Å². The van der Waals surface area contributed by atoms with Crippen molar-refractivity contribution in [3.05, 3.63) is 29.6 Å². The molecule has 1 unspecified atom stereocenters. The first-order valence-corrected chi connectivity index (χ1v) is 6.04. The zero-order valence-electron chi connectivity index (χ0n) is 9.97. The highest BCUT2D eigenvalue weighted by Crippen LogP contribution is 2.30. The number of anilines is 1. The number of benzene rings is 1. The summed E-state index contributed by atoms with van der Waals surface area (Å²) in [6.45, 7) is 0.486. The molecule has 1 heterocycles. The minimum atomic E-state index is -1.15. The van der Waals surface area contributed by atoms with E-state index in [1.54, 1.807) is 4.90 Å². The summed E-state index contributed by atoms with van der Waals surface area (Å²) in [6, 6.07) is 3.84. The van der Waals surface area contributed by atoms with Crippen LogP contribution >= 0.6 is 0 Å². The third-order valence-corrected chi connectivity index (χ3v) is 3.34. The number of hydrogen-bond acceptors (Lipinski definition) is 3. The van der Waals surface area contributed by atoms with Gasteiger partial charge in [-0.1, -0.05) is 6.07 Å². The fraction of sp³-hybridized carbons (Fsp3) is 0.462. The van der Waals surface area contributed by atoms with Crippen LogP contribution in [0, 0.1) is 5.82 Å². The minimum absolute atomic E-state index is 0.0460. The van der Waals surface area contributed by atoms with Gasteiger partial charge in [-0.2, -0.15) is 0 Å². The topological polar surface area (TPSA) is 60.8 Å². The molecule has 0 saturated carbocycles. The van der Waals surface area contributed by atoms with Gasteiger partial charge in [0.1, 0.15) is 5.82 Å². The lowest BCUT2D eigenvalue weighted by Crippen LogP contribution is -2.43. The molecule has 1 aromatic carbocycles. The van der Waals surface area contributed by atoms with Gasteiger partial charge in [-0.25, -0.2) is 9.18 Å². The summed E-state index contributed by atoms with van der Waals surface area (Å²) in [5.41, 5.74) is 0.0547.